The third-order valence-corrected chi connectivity index (χ3v) is 3.40. The van der Waals surface area contributed by atoms with E-state index in [1.165, 1.54) is 4.57 Å². The molecule has 19 heavy (non-hydrogen) atoms. The number of amides is 1. The van der Waals surface area contributed by atoms with Gasteiger partial charge in [0.1, 0.15) is 0 Å². The minimum Gasteiger partial charge on any atom is -0.475 e. The van der Waals surface area contributed by atoms with Gasteiger partial charge in [0.2, 0.25) is 11.7 Å². The van der Waals surface area contributed by atoms with Gasteiger partial charge in [-0.25, -0.2) is 9.78 Å². The largest absolute Gasteiger partial charge is 0.475 e. The molecule has 0 saturated carbocycles. The average Bonchev–Trinajstić information content (AvgIpc) is 2.84. The lowest BCUT2D eigenvalue weighted by atomic mass is 10.0. The van der Waals surface area contributed by atoms with E-state index in [1.54, 1.807) is 18.0 Å². The van der Waals surface area contributed by atoms with E-state index in [0.717, 1.165) is 12.8 Å². The van der Waals surface area contributed by atoms with Crippen LogP contribution in [0.3, 0.4) is 0 Å². The first-order valence-electron chi connectivity index (χ1n) is 6.56. The fourth-order valence-electron chi connectivity index (χ4n) is 2.60. The highest BCUT2D eigenvalue weighted by molar-refractivity contribution is 5.83. The molecule has 2 heterocycles. The van der Waals surface area contributed by atoms with Crippen LogP contribution in [0.2, 0.25) is 0 Å². The molecule has 0 bridgehead atoms. The lowest BCUT2D eigenvalue weighted by molar-refractivity contribution is -0.129. The van der Waals surface area contributed by atoms with E-state index in [4.69, 9.17) is 5.11 Å². The molecule has 6 heteroatoms. The summed E-state index contributed by atoms with van der Waals surface area (Å²) in [5.74, 6) is -0.578. The van der Waals surface area contributed by atoms with E-state index >= 15 is 0 Å². The summed E-state index contributed by atoms with van der Waals surface area (Å²) in [4.78, 5) is 28.6. The topological polar surface area (TPSA) is 75.4 Å². The Balaban J connectivity index is 2.09. The number of likely N-dealkylation sites (tertiary alicyclic amines) is 1. The molecule has 0 aliphatic carbocycles. The number of aromatic nitrogens is 2. The Morgan fingerprint density at radius 2 is 2.32 bits per heavy atom. The molecule has 0 radical (unpaired) electrons. The first-order valence-corrected chi connectivity index (χ1v) is 6.56. The molecule has 1 aromatic rings. The molecule has 1 aromatic heterocycles. The molecular weight excluding hydrogens is 246 g/mol. The van der Waals surface area contributed by atoms with Crippen LogP contribution in [0.1, 0.15) is 42.5 Å². The number of hydrogen-bond donors (Lipinski definition) is 1. The summed E-state index contributed by atoms with van der Waals surface area (Å²) in [6.07, 6.45) is 4.35. The number of carbonyl (C=O) groups is 2. The zero-order chi connectivity index (χ0) is 14.0. The van der Waals surface area contributed by atoms with Gasteiger partial charge >= 0.3 is 5.97 Å². The summed E-state index contributed by atoms with van der Waals surface area (Å²) in [6, 6.07) is 0. The van der Waals surface area contributed by atoms with Crippen LogP contribution in [0.25, 0.3) is 0 Å². The number of hydrogen-bond acceptors (Lipinski definition) is 3. The van der Waals surface area contributed by atoms with Crippen molar-refractivity contribution in [3.05, 3.63) is 17.7 Å². The molecule has 0 spiro atoms. The molecule has 1 amide bonds. The lowest BCUT2D eigenvalue weighted by Crippen LogP contribution is -2.29. The lowest BCUT2D eigenvalue weighted by Gasteiger charge is -2.18. The van der Waals surface area contributed by atoms with E-state index in [1.807, 2.05) is 0 Å². The Morgan fingerprint density at radius 1 is 1.58 bits per heavy atom. The zero-order valence-corrected chi connectivity index (χ0v) is 11.3. The predicted molar refractivity (Wildman–Crippen MR) is 68.7 cm³/mol. The van der Waals surface area contributed by atoms with Crippen molar-refractivity contribution in [2.45, 2.75) is 39.8 Å². The van der Waals surface area contributed by atoms with Crippen LogP contribution in [-0.2, 0) is 11.5 Å². The van der Waals surface area contributed by atoms with Gasteiger partial charge in [-0.3, -0.25) is 4.79 Å². The second kappa shape index (κ2) is 5.42. The van der Waals surface area contributed by atoms with E-state index in [-0.39, 0.29) is 18.4 Å². The third-order valence-electron chi connectivity index (χ3n) is 3.40. The van der Waals surface area contributed by atoms with Crippen LogP contribution < -0.4 is 0 Å². The van der Waals surface area contributed by atoms with Crippen LogP contribution in [0.15, 0.2) is 6.20 Å². The number of aryl methyl sites for hydroxylation is 1. The number of nitrogens with zero attached hydrogens (tertiary/aromatic N) is 3. The maximum atomic E-state index is 11.9. The van der Waals surface area contributed by atoms with Gasteiger partial charge in [0.15, 0.2) is 0 Å². The van der Waals surface area contributed by atoms with Crippen molar-refractivity contribution in [1.82, 2.24) is 14.5 Å². The highest BCUT2D eigenvalue weighted by Gasteiger charge is 2.29. The number of imidazole rings is 1. The zero-order valence-electron chi connectivity index (χ0n) is 11.3. The smallest absolute Gasteiger partial charge is 0.372 e. The molecule has 1 saturated heterocycles. The van der Waals surface area contributed by atoms with Crippen molar-refractivity contribution in [3.63, 3.8) is 0 Å². The molecule has 104 valence electrons. The summed E-state index contributed by atoms with van der Waals surface area (Å²) in [7, 11) is 0. The number of carboxylic acids is 1. The van der Waals surface area contributed by atoms with E-state index in [0.29, 0.717) is 24.6 Å². The van der Waals surface area contributed by atoms with Gasteiger partial charge in [0.25, 0.3) is 0 Å². The third kappa shape index (κ3) is 2.94. The monoisotopic (exact) mass is 265 g/mol. The standard InChI is InChI=1S/C13H19N3O3/c1-3-4-10-5-11(17)15(7-10)8-16-6-9(2)14-12(16)13(18)19/h6,10H,3-5,7-8H2,1-2H3,(H,18,19). The second-order valence-electron chi connectivity index (χ2n) is 5.10. The van der Waals surface area contributed by atoms with Crippen molar-refractivity contribution in [1.29, 1.82) is 0 Å². The molecule has 6 nitrogen and oxygen atoms in total. The molecule has 1 aliphatic rings. The predicted octanol–water partition coefficient (Wildman–Crippen LogP) is 1.50. The molecular formula is C13H19N3O3. The van der Waals surface area contributed by atoms with Crippen molar-refractivity contribution < 1.29 is 14.7 Å². The Labute approximate surface area is 112 Å². The number of rotatable bonds is 5. The van der Waals surface area contributed by atoms with Gasteiger partial charge in [0.05, 0.1) is 12.4 Å². The van der Waals surface area contributed by atoms with Crippen LogP contribution in [0.4, 0.5) is 0 Å². The van der Waals surface area contributed by atoms with Crippen LogP contribution in [0, 0.1) is 12.8 Å². The minimum atomic E-state index is -1.06. The molecule has 1 unspecified atom stereocenters. The van der Waals surface area contributed by atoms with Crippen molar-refractivity contribution in [2.75, 3.05) is 6.54 Å². The van der Waals surface area contributed by atoms with Crippen LogP contribution in [-0.4, -0.2) is 38.0 Å². The quantitative estimate of drug-likeness (QED) is 0.875. The van der Waals surface area contributed by atoms with Crippen LogP contribution in [0.5, 0.6) is 0 Å². The number of carbonyl (C=O) groups excluding carboxylic acids is 1. The Morgan fingerprint density at radius 3 is 2.95 bits per heavy atom. The van der Waals surface area contributed by atoms with Gasteiger partial charge in [-0.2, -0.15) is 0 Å². The van der Waals surface area contributed by atoms with Crippen LogP contribution >= 0.6 is 0 Å². The number of carboxylic acid groups (broad SMARTS) is 1. The summed E-state index contributed by atoms with van der Waals surface area (Å²) in [5, 5.41) is 9.07. The molecule has 0 aromatic carbocycles. The van der Waals surface area contributed by atoms with E-state index in [2.05, 4.69) is 11.9 Å². The van der Waals surface area contributed by atoms with Crippen molar-refractivity contribution in [2.24, 2.45) is 5.92 Å². The van der Waals surface area contributed by atoms with Gasteiger partial charge in [-0.1, -0.05) is 13.3 Å². The maximum Gasteiger partial charge on any atom is 0.372 e. The Hall–Kier alpha value is -1.85. The summed E-state index contributed by atoms with van der Waals surface area (Å²) >= 11 is 0. The normalized spacial score (nSPS) is 19.2. The van der Waals surface area contributed by atoms with Gasteiger partial charge in [-0.05, 0) is 19.3 Å². The maximum absolute atomic E-state index is 11.9. The fourth-order valence-corrected chi connectivity index (χ4v) is 2.60. The fraction of sp³-hybridized carbons (Fsp3) is 0.615. The summed E-state index contributed by atoms with van der Waals surface area (Å²) < 4.78 is 1.53. The molecule has 1 fully saturated rings. The van der Waals surface area contributed by atoms with E-state index < -0.39 is 5.97 Å². The van der Waals surface area contributed by atoms with Gasteiger partial charge < -0.3 is 14.6 Å². The average molecular weight is 265 g/mol. The van der Waals surface area contributed by atoms with Gasteiger partial charge in [0, 0.05) is 19.2 Å². The highest BCUT2D eigenvalue weighted by atomic mass is 16.4. The molecule has 1 atom stereocenters. The van der Waals surface area contributed by atoms with Gasteiger partial charge in [-0.15, -0.1) is 0 Å². The first kappa shape index (κ1) is 13.6. The Bertz CT molecular complexity index is 495. The van der Waals surface area contributed by atoms with Crippen molar-refractivity contribution >= 4 is 11.9 Å². The summed E-state index contributed by atoms with van der Waals surface area (Å²) in [6.45, 7) is 4.84. The minimum absolute atomic E-state index is 0.00996. The number of aromatic carboxylic acids is 1. The SMILES string of the molecule is CCCC1CC(=O)N(Cn2cc(C)nc2C(=O)O)C1. The summed E-state index contributed by atoms with van der Waals surface area (Å²) in [5.41, 5.74) is 0.647. The molecule has 1 N–H and O–H groups in total. The molecule has 2 rings (SSSR count). The second-order valence-corrected chi connectivity index (χ2v) is 5.10. The first-order chi connectivity index (χ1) is 9.01. The van der Waals surface area contributed by atoms with E-state index in [9.17, 15) is 9.59 Å². The Kier molecular flexibility index (Phi) is 3.87. The molecule has 1 aliphatic heterocycles. The highest BCUT2D eigenvalue weighted by Crippen LogP contribution is 2.23. The van der Waals surface area contributed by atoms with Crippen molar-refractivity contribution in [3.8, 4) is 0 Å².